The lowest BCUT2D eigenvalue weighted by atomic mass is 9.90. The van der Waals surface area contributed by atoms with Crippen LogP contribution >= 0.6 is 0 Å². The Morgan fingerprint density at radius 3 is 2.76 bits per heavy atom. The van der Waals surface area contributed by atoms with Crippen molar-refractivity contribution in [3.8, 4) is 0 Å². The molecule has 3 rings (SSSR count). The number of hydrogen-bond acceptors (Lipinski definition) is 4. The predicted octanol–water partition coefficient (Wildman–Crippen LogP) is 2.19. The van der Waals surface area contributed by atoms with Gasteiger partial charge in [-0.05, 0) is 50.8 Å². The van der Waals surface area contributed by atoms with Gasteiger partial charge in [-0.15, -0.1) is 0 Å². The molecule has 4 heteroatoms. The summed E-state index contributed by atoms with van der Waals surface area (Å²) in [5.41, 5.74) is 1.34. The van der Waals surface area contributed by atoms with Crippen LogP contribution in [-0.2, 0) is 4.74 Å². The fourth-order valence-electron chi connectivity index (χ4n) is 2.80. The summed E-state index contributed by atoms with van der Waals surface area (Å²) >= 11 is 0. The van der Waals surface area contributed by atoms with Crippen molar-refractivity contribution in [1.82, 2.24) is 10.2 Å². The van der Waals surface area contributed by atoms with E-state index in [4.69, 9.17) is 4.74 Å². The molecule has 0 saturated carbocycles. The third-order valence-electron chi connectivity index (χ3n) is 4.07. The van der Waals surface area contributed by atoms with Gasteiger partial charge in [0.05, 0.1) is 17.4 Å². The molecule has 0 aromatic carbocycles. The first kappa shape index (κ1) is 14.0. The number of nitrogens with zero attached hydrogens (tertiary/aromatic N) is 1. The molecule has 0 amide bonds. The number of ether oxygens (including phenoxy) is 1. The van der Waals surface area contributed by atoms with Gasteiger partial charge in [-0.2, -0.15) is 0 Å². The Kier molecular flexibility index (Phi) is 3.21. The Bertz CT molecular complexity index is 603. The molecule has 0 bridgehead atoms. The fraction of sp³-hybridized carbons (Fsp3) is 0.412. The predicted molar refractivity (Wildman–Crippen MR) is 83.0 cm³/mol. The number of rotatable bonds is 2. The lowest BCUT2D eigenvalue weighted by Crippen LogP contribution is -2.44. The SMILES string of the molecule is CC1=CC2C(=C(C3=CC(C(C)(C)O)NC=C3)C=CN2C)O1. The van der Waals surface area contributed by atoms with Crippen molar-refractivity contribution in [2.45, 2.75) is 38.5 Å². The summed E-state index contributed by atoms with van der Waals surface area (Å²) < 4.78 is 5.91. The lowest BCUT2D eigenvalue weighted by molar-refractivity contribution is 0.0583. The van der Waals surface area contributed by atoms with E-state index < -0.39 is 5.60 Å². The summed E-state index contributed by atoms with van der Waals surface area (Å²) in [4.78, 5) is 2.13. The van der Waals surface area contributed by atoms with E-state index in [0.29, 0.717) is 0 Å². The maximum atomic E-state index is 10.2. The minimum Gasteiger partial charge on any atom is -0.463 e. The van der Waals surface area contributed by atoms with Crippen molar-refractivity contribution in [3.63, 3.8) is 0 Å². The summed E-state index contributed by atoms with van der Waals surface area (Å²) in [5.74, 6) is 1.89. The van der Waals surface area contributed by atoms with E-state index in [1.807, 2.05) is 26.2 Å². The van der Waals surface area contributed by atoms with Crippen LogP contribution in [-0.4, -0.2) is 34.7 Å². The Balaban J connectivity index is 1.99. The van der Waals surface area contributed by atoms with E-state index in [1.54, 1.807) is 13.8 Å². The molecule has 3 aliphatic heterocycles. The van der Waals surface area contributed by atoms with Crippen molar-refractivity contribution in [2.75, 3.05) is 7.05 Å². The molecule has 3 aliphatic rings. The number of hydrogen-bond donors (Lipinski definition) is 2. The molecule has 0 aromatic heterocycles. The fourth-order valence-corrected chi connectivity index (χ4v) is 2.80. The highest BCUT2D eigenvalue weighted by Crippen LogP contribution is 2.35. The van der Waals surface area contributed by atoms with E-state index >= 15 is 0 Å². The molecule has 2 unspecified atom stereocenters. The highest BCUT2D eigenvalue weighted by molar-refractivity contribution is 5.54. The molecule has 2 atom stereocenters. The molecule has 4 nitrogen and oxygen atoms in total. The van der Waals surface area contributed by atoms with E-state index in [1.165, 1.54) is 0 Å². The zero-order chi connectivity index (χ0) is 15.2. The van der Waals surface area contributed by atoms with Gasteiger partial charge in [-0.3, -0.25) is 0 Å². The molecule has 0 aliphatic carbocycles. The van der Waals surface area contributed by atoms with Crippen molar-refractivity contribution in [1.29, 1.82) is 0 Å². The molecule has 112 valence electrons. The molecule has 0 radical (unpaired) electrons. The van der Waals surface area contributed by atoms with Crippen molar-refractivity contribution >= 4 is 0 Å². The van der Waals surface area contributed by atoms with E-state index in [2.05, 4.69) is 34.6 Å². The first-order valence-corrected chi connectivity index (χ1v) is 7.24. The third-order valence-corrected chi connectivity index (χ3v) is 4.07. The van der Waals surface area contributed by atoms with Gasteiger partial charge in [-0.25, -0.2) is 0 Å². The van der Waals surface area contributed by atoms with E-state index in [-0.39, 0.29) is 12.1 Å². The number of nitrogens with one attached hydrogen (secondary N) is 1. The Morgan fingerprint density at radius 1 is 1.29 bits per heavy atom. The van der Waals surface area contributed by atoms with Crippen LogP contribution < -0.4 is 5.32 Å². The van der Waals surface area contributed by atoms with E-state index in [9.17, 15) is 5.11 Å². The van der Waals surface area contributed by atoms with Gasteiger partial charge in [0.1, 0.15) is 11.8 Å². The van der Waals surface area contributed by atoms with Gasteiger partial charge >= 0.3 is 0 Å². The largest absolute Gasteiger partial charge is 0.463 e. The maximum absolute atomic E-state index is 10.2. The average molecular weight is 286 g/mol. The smallest absolute Gasteiger partial charge is 0.138 e. The molecule has 0 saturated heterocycles. The molecule has 2 N–H and O–H groups in total. The van der Waals surface area contributed by atoms with Gasteiger partial charge in [0.2, 0.25) is 0 Å². The van der Waals surface area contributed by atoms with Crippen LogP contribution in [0.2, 0.25) is 0 Å². The summed E-state index contributed by atoms with van der Waals surface area (Å²) in [6.07, 6.45) is 12.2. The quantitative estimate of drug-likeness (QED) is 0.817. The van der Waals surface area contributed by atoms with Crippen LogP contribution in [0.15, 0.2) is 59.4 Å². The second-order valence-electron chi connectivity index (χ2n) is 6.34. The minimum atomic E-state index is -0.819. The topological polar surface area (TPSA) is 44.7 Å². The second kappa shape index (κ2) is 4.81. The molecular weight excluding hydrogens is 264 g/mol. The van der Waals surface area contributed by atoms with Crippen LogP contribution in [0.25, 0.3) is 0 Å². The van der Waals surface area contributed by atoms with Crippen LogP contribution in [0.3, 0.4) is 0 Å². The minimum absolute atomic E-state index is 0.118. The van der Waals surface area contributed by atoms with Gasteiger partial charge in [0, 0.05) is 18.8 Å². The molecule has 3 heterocycles. The highest BCUT2D eigenvalue weighted by Gasteiger charge is 2.32. The maximum Gasteiger partial charge on any atom is 0.138 e. The third kappa shape index (κ3) is 2.51. The molecular formula is C17H22N2O2. The van der Waals surface area contributed by atoms with E-state index in [0.717, 1.165) is 22.7 Å². The summed E-state index contributed by atoms with van der Waals surface area (Å²) in [6.45, 7) is 5.59. The summed E-state index contributed by atoms with van der Waals surface area (Å²) in [6, 6.07) is 0.0438. The number of aliphatic hydroxyl groups is 1. The molecule has 0 fully saturated rings. The zero-order valence-corrected chi connectivity index (χ0v) is 12.9. The van der Waals surface area contributed by atoms with Crippen molar-refractivity contribution in [2.24, 2.45) is 0 Å². The van der Waals surface area contributed by atoms with Crippen LogP contribution in [0.5, 0.6) is 0 Å². The van der Waals surface area contributed by atoms with Gasteiger partial charge in [-0.1, -0.05) is 6.08 Å². The number of allylic oxidation sites excluding steroid dienone is 5. The van der Waals surface area contributed by atoms with Crippen LogP contribution in [0.1, 0.15) is 20.8 Å². The van der Waals surface area contributed by atoms with Gasteiger partial charge < -0.3 is 20.1 Å². The second-order valence-corrected chi connectivity index (χ2v) is 6.34. The van der Waals surface area contributed by atoms with Crippen LogP contribution in [0.4, 0.5) is 0 Å². The van der Waals surface area contributed by atoms with Crippen LogP contribution in [0, 0.1) is 0 Å². The molecule has 0 spiro atoms. The standard InChI is InChI=1S/C17H22N2O2/c1-11-9-14-16(21-11)13(6-8-19(14)4)12-5-7-18-15(10-12)17(2,3)20/h5-10,14-15,18,20H,1-4H3. The molecule has 21 heavy (non-hydrogen) atoms. The average Bonchev–Trinajstić information content (AvgIpc) is 2.81. The number of fused-ring (bicyclic) bond motifs is 1. The van der Waals surface area contributed by atoms with Crippen molar-refractivity contribution < 1.29 is 9.84 Å². The number of likely N-dealkylation sites (N-methyl/N-ethyl adjacent to an activating group) is 1. The summed E-state index contributed by atoms with van der Waals surface area (Å²) in [7, 11) is 2.04. The normalized spacial score (nSPS) is 28.0. The van der Waals surface area contributed by atoms with Crippen molar-refractivity contribution in [3.05, 3.63) is 59.4 Å². The lowest BCUT2D eigenvalue weighted by Gasteiger charge is -2.32. The van der Waals surface area contributed by atoms with Gasteiger partial charge in [0.25, 0.3) is 0 Å². The Hall–Kier alpha value is -1.94. The number of dihydropyridines is 1. The zero-order valence-electron chi connectivity index (χ0n) is 12.9. The Morgan fingerprint density at radius 2 is 2.05 bits per heavy atom. The first-order chi connectivity index (χ1) is 9.86. The highest BCUT2D eigenvalue weighted by atomic mass is 16.5. The first-order valence-electron chi connectivity index (χ1n) is 7.24. The van der Waals surface area contributed by atoms with Gasteiger partial charge in [0.15, 0.2) is 0 Å². The molecule has 0 aromatic rings. The monoisotopic (exact) mass is 286 g/mol. The Labute approximate surface area is 125 Å². The summed E-state index contributed by atoms with van der Waals surface area (Å²) in [5, 5.41) is 13.4.